The molecule has 1 saturated heterocycles. The Morgan fingerprint density at radius 2 is 1.75 bits per heavy atom. The van der Waals surface area contributed by atoms with Gasteiger partial charge < -0.3 is 9.83 Å². The summed E-state index contributed by atoms with van der Waals surface area (Å²) in [6.07, 6.45) is 2.73. The van der Waals surface area contributed by atoms with E-state index in [9.17, 15) is 0 Å². The minimum absolute atomic E-state index is 0.595. The molecule has 0 radical (unpaired) electrons. The minimum Gasteiger partial charge on any atom is -0.420 e. The molecule has 1 fully saturated rings. The van der Waals surface area contributed by atoms with Gasteiger partial charge in [-0.25, -0.2) is 0 Å². The SMILES string of the molecule is C[SiH]1CCCCO1.C[Si](C)(C)N. The van der Waals surface area contributed by atoms with Crippen molar-refractivity contribution in [2.24, 2.45) is 5.40 Å². The summed E-state index contributed by atoms with van der Waals surface area (Å²) >= 11 is 0. The van der Waals surface area contributed by atoms with Crippen molar-refractivity contribution in [3.63, 3.8) is 0 Å². The lowest BCUT2D eigenvalue weighted by atomic mass is 10.4. The lowest BCUT2D eigenvalue weighted by molar-refractivity contribution is 0.291. The summed E-state index contributed by atoms with van der Waals surface area (Å²) in [5.74, 6) is 0. The molecule has 0 spiro atoms. The predicted molar refractivity (Wildman–Crippen MR) is 60.5 cm³/mol. The lowest BCUT2D eigenvalue weighted by Gasteiger charge is -2.16. The first-order valence-corrected chi connectivity index (χ1v) is 10.8. The molecule has 12 heavy (non-hydrogen) atoms. The standard InChI is InChI=1S/C5H12OSi.C3H11NSi/c1-7-5-3-2-4-6-7;1-5(2,3)4/h7H,2-5H2,1H3;4H2,1-3H3. The Morgan fingerprint density at radius 3 is 1.92 bits per heavy atom. The summed E-state index contributed by atoms with van der Waals surface area (Å²) in [5, 5.41) is 5.49. The lowest BCUT2D eigenvalue weighted by Crippen LogP contribution is -2.32. The molecule has 0 bridgehead atoms. The average Bonchev–Trinajstić information content (AvgIpc) is 1.85. The topological polar surface area (TPSA) is 35.2 Å². The van der Waals surface area contributed by atoms with Crippen molar-refractivity contribution < 1.29 is 4.43 Å². The molecular formula is C8H23NOSi2. The van der Waals surface area contributed by atoms with Crippen LogP contribution in [0.2, 0.25) is 32.2 Å². The van der Waals surface area contributed by atoms with Crippen LogP contribution in [-0.2, 0) is 4.43 Å². The molecule has 0 aromatic rings. The van der Waals surface area contributed by atoms with Gasteiger partial charge in [-0.15, -0.1) is 0 Å². The number of hydrogen-bond donors (Lipinski definition) is 1. The van der Waals surface area contributed by atoms with Crippen LogP contribution in [0.3, 0.4) is 0 Å². The van der Waals surface area contributed by atoms with Crippen LogP contribution in [0.15, 0.2) is 0 Å². The Balaban J connectivity index is 0.000000217. The van der Waals surface area contributed by atoms with Gasteiger partial charge in [-0.3, -0.25) is 0 Å². The fourth-order valence-corrected chi connectivity index (χ4v) is 2.50. The molecule has 0 aromatic heterocycles. The monoisotopic (exact) mass is 205 g/mol. The molecule has 0 saturated carbocycles. The van der Waals surface area contributed by atoms with E-state index in [0.29, 0.717) is 0 Å². The maximum Gasteiger partial charge on any atom is 0.173 e. The van der Waals surface area contributed by atoms with Crippen molar-refractivity contribution in [3.05, 3.63) is 0 Å². The maximum atomic E-state index is 5.49. The molecule has 2 nitrogen and oxygen atoms in total. The number of nitrogens with two attached hydrogens (primary N) is 1. The van der Waals surface area contributed by atoms with Crippen molar-refractivity contribution in [3.8, 4) is 0 Å². The molecule has 0 aliphatic carbocycles. The third-order valence-corrected chi connectivity index (χ3v) is 3.43. The smallest absolute Gasteiger partial charge is 0.173 e. The van der Waals surface area contributed by atoms with Crippen LogP contribution < -0.4 is 5.40 Å². The van der Waals surface area contributed by atoms with Crippen LogP contribution in [0.25, 0.3) is 0 Å². The number of rotatable bonds is 0. The van der Waals surface area contributed by atoms with Crippen molar-refractivity contribution in [1.29, 1.82) is 0 Å². The molecule has 74 valence electrons. The van der Waals surface area contributed by atoms with E-state index in [1.807, 2.05) is 0 Å². The zero-order chi connectivity index (χ0) is 9.61. The zero-order valence-electron chi connectivity index (χ0n) is 8.89. The maximum absolute atomic E-state index is 5.49. The molecule has 1 aliphatic rings. The fraction of sp³-hybridized carbons (Fsp3) is 1.00. The van der Waals surface area contributed by atoms with Crippen LogP contribution in [0.5, 0.6) is 0 Å². The molecular weight excluding hydrogens is 182 g/mol. The van der Waals surface area contributed by atoms with Crippen LogP contribution in [0.1, 0.15) is 12.8 Å². The van der Waals surface area contributed by atoms with Crippen molar-refractivity contribution in [1.82, 2.24) is 0 Å². The third-order valence-electron chi connectivity index (χ3n) is 1.41. The highest BCUT2D eigenvalue weighted by atomic mass is 28.3. The van der Waals surface area contributed by atoms with E-state index < -0.39 is 17.3 Å². The van der Waals surface area contributed by atoms with E-state index in [0.717, 1.165) is 6.61 Å². The Labute approximate surface area is 79.3 Å². The largest absolute Gasteiger partial charge is 0.420 e. The van der Waals surface area contributed by atoms with Gasteiger partial charge in [-0.2, -0.15) is 0 Å². The summed E-state index contributed by atoms with van der Waals surface area (Å²) in [5.41, 5.74) is 0. The highest BCUT2D eigenvalue weighted by Gasteiger charge is 2.08. The molecule has 0 amide bonds. The molecule has 0 aromatic carbocycles. The van der Waals surface area contributed by atoms with Gasteiger partial charge in [0.05, 0.1) is 0 Å². The van der Waals surface area contributed by atoms with Crippen LogP contribution >= 0.6 is 0 Å². The summed E-state index contributed by atoms with van der Waals surface area (Å²) in [4.78, 5) is 0. The average molecular weight is 205 g/mol. The quantitative estimate of drug-likeness (QED) is 0.613. The van der Waals surface area contributed by atoms with Gasteiger partial charge in [-0.1, -0.05) is 26.1 Å². The van der Waals surface area contributed by atoms with E-state index in [1.165, 1.54) is 18.9 Å². The second-order valence-electron chi connectivity index (χ2n) is 4.54. The van der Waals surface area contributed by atoms with Crippen molar-refractivity contribution in [2.45, 2.75) is 45.1 Å². The van der Waals surface area contributed by atoms with E-state index in [4.69, 9.17) is 9.83 Å². The Morgan fingerprint density at radius 1 is 1.25 bits per heavy atom. The zero-order valence-corrected chi connectivity index (χ0v) is 11.0. The van der Waals surface area contributed by atoms with E-state index in [2.05, 4.69) is 26.2 Å². The first-order valence-electron chi connectivity index (χ1n) is 4.80. The summed E-state index contributed by atoms with van der Waals surface area (Å²) in [7, 11) is -1.71. The van der Waals surface area contributed by atoms with Gasteiger partial charge in [0.15, 0.2) is 9.04 Å². The van der Waals surface area contributed by atoms with Gasteiger partial charge in [0, 0.05) is 6.61 Å². The summed E-state index contributed by atoms with van der Waals surface area (Å²) in [6.45, 7) is 9.64. The van der Waals surface area contributed by atoms with Crippen molar-refractivity contribution in [2.75, 3.05) is 6.61 Å². The molecule has 2 N–H and O–H groups in total. The van der Waals surface area contributed by atoms with Gasteiger partial charge >= 0.3 is 0 Å². The molecule has 1 heterocycles. The Hall–Kier alpha value is 0.354. The molecule has 1 unspecified atom stereocenters. The Kier molecular flexibility index (Phi) is 6.08. The number of hydrogen-bond acceptors (Lipinski definition) is 2. The third kappa shape index (κ3) is 13.0. The highest BCUT2D eigenvalue weighted by molar-refractivity contribution is 6.72. The van der Waals surface area contributed by atoms with Gasteiger partial charge in [0.2, 0.25) is 0 Å². The first-order chi connectivity index (χ1) is 5.39. The molecule has 1 atom stereocenters. The van der Waals surface area contributed by atoms with Crippen LogP contribution in [-0.4, -0.2) is 23.9 Å². The minimum atomic E-state index is -1.11. The highest BCUT2D eigenvalue weighted by Crippen LogP contribution is 2.09. The van der Waals surface area contributed by atoms with E-state index in [-0.39, 0.29) is 0 Å². The van der Waals surface area contributed by atoms with Crippen LogP contribution in [0.4, 0.5) is 0 Å². The summed E-state index contributed by atoms with van der Waals surface area (Å²) < 4.78 is 5.42. The molecule has 1 rings (SSSR count). The normalized spacial score (nSPS) is 24.2. The second-order valence-corrected chi connectivity index (χ2v) is 11.8. The van der Waals surface area contributed by atoms with Gasteiger partial charge in [-0.05, 0) is 19.0 Å². The molecule has 1 aliphatic heterocycles. The fourth-order valence-electron chi connectivity index (χ4n) is 0.902. The Bertz CT molecular complexity index is 102. The first kappa shape index (κ1) is 12.4. The van der Waals surface area contributed by atoms with Gasteiger partial charge in [0.25, 0.3) is 0 Å². The molecule has 4 heteroatoms. The van der Waals surface area contributed by atoms with E-state index >= 15 is 0 Å². The predicted octanol–water partition coefficient (Wildman–Crippen LogP) is 1.93. The summed E-state index contributed by atoms with van der Waals surface area (Å²) in [6, 6.07) is 1.40. The van der Waals surface area contributed by atoms with Crippen molar-refractivity contribution >= 4 is 17.3 Å². The van der Waals surface area contributed by atoms with E-state index in [1.54, 1.807) is 0 Å². The van der Waals surface area contributed by atoms with Gasteiger partial charge in [0.1, 0.15) is 8.24 Å². The van der Waals surface area contributed by atoms with Crippen LogP contribution in [0, 0.1) is 0 Å². The second kappa shape index (κ2) is 5.91.